The number of rotatable bonds is 4. The SMILES string of the molecule is CCOC(=O)c1nc(-c2ccccc2)n(-c2ccc(F)c(Cl)c2)c1Br. The number of hydrogen-bond donors (Lipinski definition) is 0. The van der Waals surface area contributed by atoms with Gasteiger partial charge >= 0.3 is 5.97 Å². The van der Waals surface area contributed by atoms with Crippen molar-refractivity contribution in [2.75, 3.05) is 6.61 Å². The van der Waals surface area contributed by atoms with Crippen molar-refractivity contribution < 1.29 is 13.9 Å². The van der Waals surface area contributed by atoms with Crippen molar-refractivity contribution in [3.05, 3.63) is 69.7 Å². The maximum absolute atomic E-state index is 13.5. The summed E-state index contributed by atoms with van der Waals surface area (Å²) in [5.74, 6) is -0.551. The summed E-state index contributed by atoms with van der Waals surface area (Å²) < 4.78 is 20.7. The Bertz CT molecular complexity index is 928. The lowest BCUT2D eigenvalue weighted by Crippen LogP contribution is -2.06. The van der Waals surface area contributed by atoms with E-state index in [1.165, 1.54) is 12.1 Å². The summed E-state index contributed by atoms with van der Waals surface area (Å²) in [5, 5.41) is -0.0187. The molecule has 0 atom stereocenters. The van der Waals surface area contributed by atoms with E-state index in [2.05, 4.69) is 20.9 Å². The summed E-state index contributed by atoms with van der Waals surface area (Å²) in [6, 6.07) is 13.7. The van der Waals surface area contributed by atoms with Crippen molar-refractivity contribution in [3.63, 3.8) is 0 Å². The van der Waals surface area contributed by atoms with Crippen molar-refractivity contribution >= 4 is 33.5 Å². The number of aromatic nitrogens is 2. The van der Waals surface area contributed by atoms with Gasteiger partial charge < -0.3 is 4.74 Å². The largest absolute Gasteiger partial charge is 0.461 e. The Kier molecular flexibility index (Phi) is 5.20. The second kappa shape index (κ2) is 7.37. The van der Waals surface area contributed by atoms with E-state index in [9.17, 15) is 9.18 Å². The third kappa shape index (κ3) is 3.45. The minimum Gasteiger partial charge on any atom is -0.461 e. The van der Waals surface area contributed by atoms with Gasteiger partial charge in [0.2, 0.25) is 0 Å². The molecule has 2 aromatic carbocycles. The Balaban J connectivity index is 2.24. The first-order valence-electron chi connectivity index (χ1n) is 7.49. The number of ether oxygens (including phenoxy) is 1. The molecule has 0 aliphatic heterocycles. The number of hydrogen-bond acceptors (Lipinski definition) is 3. The molecule has 128 valence electrons. The first-order valence-corrected chi connectivity index (χ1v) is 8.66. The summed E-state index contributed by atoms with van der Waals surface area (Å²) in [5.41, 5.74) is 1.50. The summed E-state index contributed by atoms with van der Waals surface area (Å²) in [4.78, 5) is 16.6. The molecule has 0 N–H and O–H groups in total. The zero-order valence-corrected chi connectivity index (χ0v) is 15.5. The predicted octanol–water partition coefficient (Wildman–Crippen LogP) is 5.27. The molecule has 4 nitrogen and oxygen atoms in total. The lowest BCUT2D eigenvalue weighted by Gasteiger charge is -2.10. The summed E-state index contributed by atoms with van der Waals surface area (Å²) >= 11 is 9.33. The molecule has 0 saturated carbocycles. The minimum atomic E-state index is -0.543. The highest BCUT2D eigenvalue weighted by Crippen LogP contribution is 2.32. The van der Waals surface area contributed by atoms with E-state index >= 15 is 0 Å². The number of nitrogens with zero attached hydrogens (tertiary/aromatic N) is 2. The minimum absolute atomic E-state index is 0.0187. The highest BCUT2D eigenvalue weighted by Gasteiger charge is 2.24. The summed E-state index contributed by atoms with van der Waals surface area (Å²) in [6.45, 7) is 1.96. The summed E-state index contributed by atoms with van der Waals surface area (Å²) in [7, 11) is 0. The third-order valence-electron chi connectivity index (χ3n) is 3.48. The number of carbonyl (C=O) groups excluding carboxylic acids is 1. The van der Waals surface area contributed by atoms with Crippen molar-refractivity contribution in [2.45, 2.75) is 6.92 Å². The van der Waals surface area contributed by atoms with Crippen LogP contribution in [0.4, 0.5) is 4.39 Å². The van der Waals surface area contributed by atoms with Gasteiger partial charge in [-0.3, -0.25) is 4.57 Å². The van der Waals surface area contributed by atoms with E-state index in [1.807, 2.05) is 30.3 Å². The second-order valence-corrected chi connectivity index (χ2v) is 6.25. The average molecular weight is 424 g/mol. The first-order chi connectivity index (χ1) is 12.0. The molecule has 0 aliphatic rings. The van der Waals surface area contributed by atoms with Crippen molar-refractivity contribution in [1.82, 2.24) is 9.55 Å². The summed E-state index contributed by atoms with van der Waals surface area (Å²) in [6.07, 6.45) is 0. The van der Waals surface area contributed by atoms with Crippen LogP contribution >= 0.6 is 27.5 Å². The van der Waals surface area contributed by atoms with Crippen molar-refractivity contribution in [3.8, 4) is 17.1 Å². The van der Waals surface area contributed by atoms with Gasteiger partial charge in [-0.1, -0.05) is 41.9 Å². The van der Waals surface area contributed by atoms with Crippen LogP contribution in [-0.4, -0.2) is 22.1 Å². The Morgan fingerprint density at radius 3 is 2.64 bits per heavy atom. The molecule has 0 spiro atoms. The monoisotopic (exact) mass is 422 g/mol. The van der Waals surface area contributed by atoms with Crippen molar-refractivity contribution in [1.29, 1.82) is 0 Å². The topological polar surface area (TPSA) is 44.1 Å². The van der Waals surface area contributed by atoms with Gasteiger partial charge in [0, 0.05) is 11.3 Å². The molecule has 1 heterocycles. The van der Waals surface area contributed by atoms with Crippen LogP contribution in [0.3, 0.4) is 0 Å². The van der Waals surface area contributed by atoms with E-state index < -0.39 is 11.8 Å². The van der Waals surface area contributed by atoms with Crippen LogP contribution in [0.2, 0.25) is 5.02 Å². The first kappa shape index (κ1) is 17.6. The van der Waals surface area contributed by atoms with Crippen LogP contribution in [0.1, 0.15) is 17.4 Å². The van der Waals surface area contributed by atoms with Gasteiger partial charge in [0.25, 0.3) is 0 Å². The van der Waals surface area contributed by atoms with Crippen molar-refractivity contribution in [2.24, 2.45) is 0 Å². The normalized spacial score (nSPS) is 10.7. The molecule has 0 amide bonds. The molecular weight excluding hydrogens is 411 g/mol. The van der Waals surface area contributed by atoms with Crippen LogP contribution in [0.25, 0.3) is 17.1 Å². The number of imidazole rings is 1. The maximum atomic E-state index is 13.5. The highest BCUT2D eigenvalue weighted by molar-refractivity contribution is 9.10. The molecule has 1 aromatic heterocycles. The van der Waals surface area contributed by atoms with Gasteiger partial charge in [-0.15, -0.1) is 0 Å². The van der Waals surface area contributed by atoms with Gasteiger partial charge in [-0.05, 0) is 41.1 Å². The fourth-order valence-corrected chi connectivity index (χ4v) is 3.17. The average Bonchev–Trinajstić information content (AvgIpc) is 2.96. The molecule has 0 bridgehead atoms. The maximum Gasteiger partial charge on any atom is 0.359 e. The van der Waals surface area contributed by atoms with Gasteiger partial charge in [-0.2, -0.15) is 0 Å². The molecule has 0 radical (unpaired) electrons. The quantitative estimate of drug-likeness (QED) is 0.537. The lowest BCUT2D eigenvalue weighted by molar-refractivity contribution is 0.0519. The Hall–Kier alpha value is -2.18. The second-order valence-electron chi connectivity index (χ2n) is 5.10. The zero-order chi connectivity index (χ0) is 18.0. The Labute approximate surface area is 157 Å². The zero-order valence-electron chi connectivity index (χ0n) is 13.2. The van der Waals surface area contributed by atoms with Gasteiger partial charge in [0.05, 0.1) is 11.6 Å². The standard InChI is InChI=1S/C18H13BrClFN2O2/c1-2-25-18(24)15-16(19)23(12-8-9-14(21)13(20)10-12)17(22-15)11-6-4-3-5-7-11/h3-10H,2H2,1H3. The molecular formula is C18H13BrClFN2O2. The van der Waals surface area contributed by atoms with Gasteiger partial charge in [0.15, 0.2) is 5.69 Å². The fraction of sp³-hybridized carbons (Fsp3) is 0.111. The van der Waals surface area contributed by atoms with E-state index in [1.54, 1.807) is 17.6 Å². The van der Waals surface area contributed by atoms with E-state index in [4.69, 9.17) is 16.3 Å². The molecule has 0 saturated heterocycles. The third-order valence-corrected chi connectivity index (χ3v) is 4.50. The molecule has 7 heteroatoms. The van der Waals surface area contributed by atoms with Crippen LogP contribution < -0.4 is 0 Å². The molecule has 0 aliphatic carbocycles. The highest BCUT2D eigenvalue weighted by atomic mass is 79.9. The van der Waals surface area contributed by atoms with E-state index in [0.717, 1.165) is 5.56 Å². The molecule has 3 aromatic rings. The molecule has 3 rings (SSSR count). The molecule has 25 heavy (non-hydrogen) atoms. The van der Waals surface area contributed by atoms with Gasteiger partial charge in [-0.25, -0.2) is 14.2 Å². The Morgan fingerprint density at radius 2 is 2.00 bits per heavy atom. The van der Waals surface area contributed by atoms with Crippen LogP contribution in [0, 0.1) is 5.82 Å². The lowest BCUT2D eigenvalue weighted by atomic mass is 10.2. The molecule has 0 unspecified atom stereocenters. The predicted molar refractivity (Wildman–Crippen MR) is 97.6 cm³/mol. The fourth-order valence-electron chi connectivity index (χ4n) is 2.37. The number of benzene rings is 2. The van der Waals surface area contributed by atoms with E-state index in [0.29, 0.717) is 16.1 Å². The number of esters is 1. The van der Waals surface area contributed by atoms with E-state index in [-0.39, 0.29) is 17.3 Å². The molecule has 0 fully saturated rings. The van der Waals surface area contributed by atoms with Gasteiger partial charge in [0.1, 0.15) is 16.2 Å². The van der Waals surface area contributed by atoms with Crippen LogP contribution in [-0.2, 0) is 4.74 Å². The number of halogens is 3. The smallest absolute Gasteiger partial charge is 0.359 e. The van der Waals surface area contributed by atoms with Crippen LogP contribution in [0.15, 0.2) is 53.1 Å². The number of carbonyl (C=O) groups is 1. The Morgan fingerprint density at radius 1 is 1.28 bits per heavy atom. The van der Waals surface area contributed by atoms with Crippen LogP contribution in [0.5, 0.6) is 0 Å².